The van der Waals surface area contributed by atoms with Crippen molar-refractivity contribution in [1.29, 1.82) is 0 Å². The fraction of sp³-hybridized carbons (Fsp3) is 0.600. The SMILES string of the molecule is Cc1cc(Cl)cc2sc(N3CCC(CN(C)C(=O)C4CCOC4)CC3)nc12. The average Bonchev–Trinajstić information content (AvgIpc) is 3.31. The highest BCUT2D eigenvalue weighted by atomic mass is 35.5. The summed E-state index contributed by atoms with van der Waals surface area (Å²) in [6.45, 7) is 6.19. The van der Waals surface area contributed by atoms with Crippen molar-refractivity contribution in [3.05, 3.63) is 22.7 Å². The lowest BCUT2D eigenvalue weighted by Crippen LogP contribution is -2.41. The lowest BCUT2D eigenvalue weighted by Gasteiger charge is -2.34. The second-order valence-electron chi connectivity index (χ2n) is 7.78. The van der Waals surface area contributed by atoms with Crippen LogP contribution in [-0.2, 0) is 9.53 Å². The van der Waals surface area contributed by atoms with Gasteiger partial charge in [-0.25, -0.2) is 4.98 Å². The molecule has 0 N–H and O–H groups in total. The molecule has 4 rings (SSSR count). The van der Waals surface area contributed by atoms with E-state index in [9.17, 15) is 4.79 Å². The first-order valence-electron chi connectivity index (χ1n) is 9.65. The molecule has 1 aromatic carbocycles. The maximum atomic E-state index is 12.5. The third-order valence-corrected chi connectivity index (χ3v) is 6.99. The Morgan fingerprint density at radius 2 is 2.15 bits per heavy atom. The smallest absolute Gasteiger partial charge is 0.227 e. The van der Waals surface area contributed by atoms with Gasteiger partial charge in [0.25, 0.3) is 0 Å². The zero-order valence-electron chi connectivity index (χ0n) is 15.9. The van der Waals surface area contributed by atoms with E-state index in [1.807, 2.05) is 24.1 Å². The van der Waals surface area contributed by atoms with Gasteiger partial charge < -0.3 is 14.5 Å². The van der Waals surface area contributed by atoms with E-state index >= 15 is 0 Å². The Morgan fingerprint density at radius 3 is 2.85 bits per heavy atom. The fourth-order valence-corrected chi connectivity index (χ4v) is 5.57. The summed E-state index contributed by atoms with van der Waals surface area (Å²) in [5.74, 6) is 0.865. The van der Waals surface area contributed by atoms with E-state index in [1.54, 1.807) is 11.3 Å². The van der Waals surface area contributed by atoms with Crippen molar-refractivity contribution >= 4 is 44.2 Å². The van der Waals surface area contributed by atoms with Crippen LogP contribution in [0.15, 0.2) is 12.1 Å². The van der Waals surface area contributed by atoms with Crippen LogP contribution in [0.5, 0.6) is 0 Å². The molecule has 5 nitrogen and oxygen atoms in total. The van der Waals surface area contributed by atoms with Gasteiger partial charge in [-0.15, -0.1) is 0 Å². The van der Waals surface area contributed by atoms with E-state index in [-0.39, 0.29) is 11.8 Å². The number of aryl methyl sites for hydroxylation is 1. The Morgan fingerprint density at radius 1 is 1.37 bits per heavy atom. The Balaban J connectivity index is 1.35. The number of carbonyl (C=O) groups excluding carboxylic acids is 1. The second kappa shape index (κ2) is 7.94. The summed E-state index contributed by atoms with van der Waals surface area (Å²) in [5, 5.41) is 1.86. The number of amides is 1. The van der Waals surface area contributed by atoms with Crippen LogP contribution in [-0.4, -0.2) is 55.7 Å². The molecule has 0 spiro atoms. The number of anilines is 1. The lowest BCUT2D eigenvalue weighted by atomic mass is 9.96. The third-order valence-electron chi connectivity index (χ3n) is 5.71. The van der Waals surface area contributed by atoms with Gasteiger partial charge in [0.1, 0.15) is 0 Å². The Labute approximate surface area is 169 Å². The van der Waals surface area contributed by atoms with E-state index in [2.05, 4.69) is 11.8 Å². The monoisotopic (exact) mass is 407 g/mol. The van der Waals surface area contributed by atoms with Gasteiger partial charge in [0, 0.05) is 38.3 Å². The molecule has 2 aliphatic heterocycles. The summed E-state index contributed by atoms with van der Waals surface area (Å²) >= 11 is 7.91. The van der Waals surface area contributed by atoms with Crippen molar-refractivity contribution in [3.63, 3.8) is 0 Å². The van der Waals surface area contributed by atoms with Crippen LogP contribution in [0, 0.1) is 18.8 Å². The van der Waals surface area contributed by atoms with Crippen molar-refractivity contribution < 1.29 is 9.53 Å². The number of aromatic nitrogens is 1. The van der Waals surface area contributed by atoms with Crippen molar-refractivity contribution in [1.82, 2.24) is 9.88 Å². The number of rotatable bonds is 4. The first-order valence-corrected chi connectivity index (χ1v) is 10.8. The lowest BCUT2D eigenvalue weighted by molar-refractivity contribution is -0.134. The number of fused-ring (bicyclic) bond motifs is 1. The molecule has 0 saturated carbocycles. The number of thiazole rings is 1. The van der Waals surface area contributed by atoms with Crippen molar-refractivity contribution in [2.45, 2.75) is 26.2 Å². The molecule has 27 heavy (non-hydrogen) atoms. The van der Waals surface area contributed by atoms with Gasteiger partial charge in [0.2, 0.25) is 5.91 Å². The van der Waals surface area contributed by atoms with Gasteiger partial charge in [-0.1, -0.05) is 22.9 Å². The molecule has 3 heterocycles. The number of piperidine rings is 1. The Hall–Kier alpha value is -1.37. The maximum absolute atomic E-state index is 12.5. The number of hydrogen-bond donors (Lipinski definition) is 0. The standard InChI is InChI=1S/C20H26ClN3O2S/c1-13-9-16(21)10-17-18(13)22-20(27-17)24-6-3-14(4-7-24)11-23(2)19(25)15-5-8-26-12-15/h9-10,14-15H,3-8,11-12H2,1-2H3. The van der Waals surface area contributed by atoms with Crippen LogP contribution in [0.25, 0.3) is 10.2 Å². The highest BCUT2D eigenvalue weighted by Gasteiger charge is 2.29. The van der Waals surface area contributed by atoms with Gasteiger partial charge in [-0.05, 0) is 49.8 Å². The molecule has 146 valence electrons. The minimum atomic E-state index is 0.0629. The van der Waals surface area contributed by atoms with Crippen molar-refractivity contribution in [3.8, 4) is 0 Å². The van der Waals surface area contributed by atoms with E-state index in [0.717, 1.165) is 71.4 Å². The molecular formula is C20H26ClN3O2S. The van der Waals surface area contributed by atoms with E-state index in [4.69, 9.17) is 21.3 Å². The average molecular weight is 408 g/mol. The summed E-state index contributed by atoms with van der Waals surface area (Å²) < 4.78 is 6.51. The summed E-state index contributed by atoms with van der Waals surface area (Å²) in [5.41, 5.74) is 2.19. The molecule has 2 saturated heterocycles. The highest BCUT2D eigenvalue weighted by molar-refractivity contribution is 7.22. The van der Waals surface area contributed by atoms with Crippen molar-refractivity contribution in [2.75, 3.05) is 44.8 Å². The van der Waals surface area contributed by atoms with Crippen LogP contribution >= 0.6 is 22.9 Å². The number of benzene rings is 1. The van der Waals surface area contributed by atoms with Crippen LogP contribution in [0.1, 0.15) is 24.8 Å². The van der Waals surface area contributed by atoms with E-state index in [1.165, 1.54) is 0 Å². The largest absolute Gasteiger partial charge is 0.381 e. The highest BCUT2D eigenvalue weighted by Crippen LogP contribution is 2.34. The number of halogens is 1. The molecule has 2 aliphatic rings. The quantitative estimate of drug-likeness (QED) is 0.769. The number of nitrogens with zero attached hydrogens (tertiary/aromatic N) is 3. The molecule has 1 amide bonds. The van der Waals surface area contributed by atoms with E-state index < -0.39 is 0 Å². The number of carbonyl (C=O) groups is 1. The molecular weight excluding hydrogens is 382 g/mol. The van der Waals surface area contributed by atoms with Gasteiger partial charge in [-0.2, -0.15) is 0 Å². The summed E-state index contributed by atoms with van der Waals surface area (Å²) in [4.78, 5) is 21.6. The predicted molar refractivity (Wildman–Crippen MR) is 111 cm³/mol. The fourth-order valence-electron chi connectivity index (χ4n) is 4.10. The zero-order valence-corrected chi connectivity index (χ0v) is 17.5. The third kappa shape index (κ3) is 4.08. The van der Waals surface area contributed by atoms with Gasteiger partial charge in [0.15, 0.2) is 5.13 Å². The molecule has 1 unspecified atom stereocenters. The summed E-state index contributed by atoms with van der Waals surface area (Å²) in [6.07, 6.45) is 3.05. The maximum Gasteiger partial charge on any atom is 0.227 e. The summed E-state index contributed by atoms with van der Waals surface area (Å²) in [6, 6.07) is 3.98. The van der Waals surface area contributed by atoms with Crippen LogP contribution < -0.4 is 4.90 Å². The Kier molecular flexibility index (Phi) is 5.58. The first kappa shape index (κ1) is 19.0. The second-order valence-corrected chi connectivity index (χ2v) is 9.22. The molecule has 0 bridgehead atoms. The molecule has 1 aromatic heterocycles. The number of ether oxygens (including phenoxy) is 1. The minimum Gasteiger partial charge on any atom is -0.381 e. The Bertz CT molecular complexity index is 826. The molecule has 0 radical (unpaired) electrons. The normalized spacial score (nSPS) is 21.1. The summed E-state index contributed by atoms with van der Waals surface area (Å²) in [7, 11) is 1.94. The van der Waals surface area contributed by atoms with Crippen LogP contribution in [0.2, 0.25) is 5.02 Å². The number of hydrogen-bond acceptors (Lipinski definition) is 5. The predicted octanol–water partition coefficient (Wildman–Crippen LogP) is 3.97. The minimum absolute atomic E-state index is 0.0629. The van der Waals surface area contributed by atoms with Gasteiger partial charge in [0.05, 0.1) is 22.7 Å². The van der Waals surface area contributed by atoms with Crippen molar-refractivity contribution in [2.24, 2.45) is 11.8 Å². The zero-order chi connectivity index (χ0) is 19.0. The van der Waals surface area contributed by atoms with Gasteiger partial charge in [-0.3, -0.25) is 4.79 Å². The first-order chi connectivity index (χ1) is 13.0. The molecule has 2 aromatic rings. The molecule has 2 fully saturated rings. The topological polar surface area (TPSA) is 45.7 Å². The molecule has 1 atom stereocenters. The van der Waals surface area contributed by atoms with Crippen LogP contribution in [0.3, 0.4) is 0 Å². The van der Waals surface area contributed by atoms with Gasteiger partial charge >= 0.3 is 0 Å². The molecule has 7 heteroatoms. The van der Waals surface area contributed by atoms with Crippen LogP contribution in [0.4, 0.5) is 5.13 Å². The molecule has 0 aliphatic carbocycles. The van der Waals surface area contributed by atoms with E-state index in [0.29, 0.717) is 12.5 Å².